The van der Waals surface area contributed by atoms with Crippen molar-refractivity contribution < 1.29 is 14.0 Å². The minimum atomic E-state index is -0.433. The summed E-state index contributed by atoms with van der Waals surface area (Å²) in [6.07, 6.45) is 5.79. The van der Waals surface area contributed by atoms with Gasteiger partial charge in [-0.15, -0.1) is 0 Å². The largest absolute Gasteiger partial charge is 0.324 e. The first-order valence-electron chi connectivity index (χ1n) is 9.04. The van der Waals surface area contributed by atoms with Crippen molar-refractivity contribution in [2.45, 2.75) is 31.6 Å². The molecule has 0 radical (unpaired) electrons. The van der Waals surface area contributed by atoms with Crippen LogP contribution in [0, 0.1) is 5.82 Å². The number of urea groups is 1. The number of nitrogens with one attached hydrogen (secondary N) is 2. The van der Waals surface area contributed by atoms with E-state index in [1.54, 1.807) is 11.1 Å². The van der Waals surface area contributed by atoms with Crippen LogP contribution in [0.3, 0.4) is 0 Å². The van der Waals surface area contributed by atoms with Crippen molar-refractivity contribution in [1.82, 2.24) is 14.9 Å². The van der Waals surface area contributed by atoms with Crippen LogP contribution >= 0.6 is 0 Å². The van der Waals surface area contributed by atoms with Gasteiger partial charge in [-0.2, -0.15) is 0 Å². The zero-order valence-corrected chi connectivity index (χ0v) is 14.7. The molecular weight excluding hydrogens is 349 g/mol. The van der Waals surface area contributed by atoms with Gasteiger partial charge in [-0.1, -0.05) is 0 Å². The maximum absolute atomic E-state index is 13.9. The number of aryl methyl sites for hydroxylation is 1. The van der Waals surface area contributed by atoms with E-state index in [2.05, 4.69) is 20.6 Å². The molecule has 1 aromatic carbocycles. The number of rotatable bonds is 2. The minimum absolute atomic E-state index is 0.133. The summed E-state index contributed by atoms with van der Waals surface area (Å²) in [7, 11) is 0. The second-order valence-electron chi connectivity index (χ2n) is 6.89. The van der Waals surface area contributed by atoms with Crippen LogP contribution < -0.4 is 10.6 Å². The van der Waals surface area contributed by atoms with Gasteiger partial charge >= 0.3 is 6.03 Å². The summed E-state index contributed by atoms with van der Waals surface area (Å²) in [5.41, 5.74) is 2.40. The van der Waals surface area contributed by atoms with Crippen molar-refractivity contribution in [3.05, 3.63) is 47.8 Å². The maximum atomic E-state index is 13.9. The first-order valence-corrected chi connectivity index (χ1v) is 9.04. The van der Waals surface area contributed by atoms with Crippen molar-refractivity contribution in [2.75, 3.05) is 23.7 Å². The Morgan fingerprint density at radius 2 is 2.22 bits per heavy atom. The summed E-state index contributed by atoms with van der Waals surface area (Å²) in [6.45, 7) is 1.16. The van der Waals surface area contributed by atoms with Crippen molar-refractivity contribution in [3.8, 4) is 0 Å². The van der Waals surface area contributed by atoms with Gasteiger partial charge in [0.05, 0.1) is 11.4 Å². The van der Waals surface area contributed by atoms with Crippen LogP contribution in [0.4, 0.5) is 20.6 Å². The van der Waals surface area contributed by atoms with Gasteiger partial charge in [0, 0.05) is 37.3 Å². The van der Waals surface area contributed by atoms with Crippen molar-refractivity contribution in [2.24, 2.45) is 0 Å². The summed E-state index contributed by atoms with van der Waals surface area (Å²) in [5.74, 6) is -0.419. The molecule has 1 unspecified atom stereocenters. The van der Waals surface area contributed by atoms with Crippen LogP contribution in [-0.4, -0.2) is 39.9 Å². The molecular formula is C19H20FN5O2. The predicted octanol–water partition coefficient (Wildman–Crippen LogP) is 2.91. The highest BCUT2D eigenvalue weighted by molar-refractivity contribution is 6.01. The molecule has 1 atom stereocenters. The number of nitrogens with zero attached hydrogens (tertiary/aromatic N) is 3. The van der Waals surface area contributed by atoms with Gasteiger partial charge in [-0.05, 0) is 43.0 Å². The normalized spacial score (nSPS) is 19.2. The maximum Gasteiger partial charge on any atom is 0.321 e. The molecule has 1 aromatic heterocycles. The number of fused-ring (bicyclic) bond motifs is 1. The fraction of sp³-hybridized carbons (Fsp3) is 0.368. The number of carbonyl (C=O) groups is 2. The molecule has 3 heterocycles. The zero-order chi connectivity index (χ0) is 18.8. The summed E-state index contributed by atoms with van der Waals surface area (Å²) in [6, 6.07) is 4.20. The van der Waals surface area contributed by atoms with Gasteiger partial charge < -0.3 is 15.5 Å². The first kappa shape index (κ1) is 17.4. The molecule has 2 N–H and O–H groups in total. The Kier molecular flexibility index (Phi) is 4.70. The van der Waals surface area contributed by atoms with E-state index < -0.39 is 5.82 Å². The van der Waals surface area contributed by atoms with E-state index in [1.165, 1.54) is 18.5 Å². The van der Waals surface area contributed by atoms with Gasteiger partial charge in [0.2, 0.25) is 5.91 Å². The summed E-state index contributed by atoms with van der Waals surface area (Å²) in [4.78, 5) is 34.4. The van der Waals surface area contributed by atoms with E-state index in [9.17, 15) is 14.0 Å². The van der Waals surface area contributed by atoms with Gasteiger partial charge in [0.1, 0.15) is 12.1 Å². The lowest BCUT2D eigenvalue weighted by molar-refractivity contribution is -0.116. The lowest BCUT2D eigenvalue weighted by atomic mass is 9.95. The Morgan fingerprint density at radius 3 is 3.04 bits per heavy atom. The average molecular weight is 369 g/mol. The molecule has 4 rings (SSSR count). The standard InChI is InChI=1S/C19H20FN5O2/c20-14-8-12-3-4-17(26)24-18(12)16(9-14)23-19(27)25-7-1-2-13(10-25)15-5-6-21-11-22-15/h5-6,8-9,11,13H,1-4,7,10H2,(H,23,27)(H,24,26). The summed E-state index contributed by atoms with van der Waals surface area (Å²) < 4.78 is 13.9. The molecule has 140 valence electrons. The number of halogens is 1. The number of hydrogen-bond acceptors (Lipinski definition) is 4. The summed E-state index contributed by atoms with van der Waals surface area (Å²) in [5, 5.41) is 5.52. The fourth-order valence-corrected chi connectivity index (χ4v) is 3.70. The SMILES string of the molecule is O=C1CCc2cc(F)cc(NC(=O)N3CCCC(c4ccncn4)C3)c2N1. The van der Waals surface area contributed by atoms with Crippen LogP contribution in [0.2, 0.25) is 0 Å². The Labute approximate surface area is 156 Å². The number of piperidine rings is 1. The quantitative estimate of drug-likeness (QED) is 0.852. The number of carbonyl (C=O) groups excluding carboxylic acids is 2. The number of likely N-dealkylation sites (tertiary alicyclic amines) is 1. The van der Waals surface area contributed by atoms with Gasteiger partial charge in [-0.25, -0.2) is 19.2 Å². The second kappa shape index (κ2) is 7.30. The Bertz CT molecular complexity index is 874. The molecule has 8 heteroatoms. The van der Waals surface area contributed by atoms with Gasteiger partial charge in [-0.3, -0.25) is 4.79 Å². The third-order valence-electron chi connectivity index (χ3n) is 5.04. The molecule has 2 aliphatic heterocycles. The highest BCUT2D eigenvalue weighted by Crippen LogP contribution is 2.33. The molecule has 2 aromatic rings. The van der Waals surface area contributed by atoms with Crippen molar-refractivity contribution in [3.63, 3.8) is 0 Å². The molecule has 1 fully saturated rings. The Balaban J connectivity index is 1.51. The molecule has 0 saturated carbocycles. The highest BCUT2D eigenvalue weighted by Gasteiger charge is 2.27. The lowest BCUT2D eigenvalue weighted by Crippen LogP contribution is -2.42. The van der Waals surface area contributed by atoms with Crippen molar-refractivity contribution in [1.29, 1.82) is 0 Å². The average Bonchev–Trinajstić information content (AvgIpc) is 2.69. The second-order valence-corrected chi connectivity index (χ2v) is 6.89. The third-order valence-corrected chi connectivity index (χ3v) is 5.04. The molecule has 27 heavy (non-hydrogen) atoms. The lowest BCUT2D eigenvalue weighted by Gasteiger charge is -2.33. The van der Waals surface area contributed by atoms with Gasteiger partial charge in [0.25, 0.3) is 0 Å². The number of amides is 3. The van der Waals surface area contributed by atoms with Gasteiger partial charge in [0.15, 0.2) is 0 Å². The molecule has 1 saturated heterocycles. The van der Waals surface area contributed by atoms with E-state index in [0.29, 0.717) is 42.9 Å². The van der Waals surface area contributed by atoms with Crippen LogP contribution in [-0.2, 0) is 11.2 Å². The monoisotopic (exact) mass is 369 g/mol. The van der Waals surface area contributed by atoms with E-state index in [-0.39, 0.29) is 17.9 Å². The fourth-order valence-electron chi connectivity index (χ4n) is 3.70. The number of anilines is 2. The molecule has 0 spiro atoms. The minimum Gasteiger partial charge on any atom is -0.324 e. The van der Waals surface area contributed by atoms with Crippen molar-refractivity contribution >= 4 is 23.3 Å². The Morgan fingerprint density at radius 1 is 1.33 bits per heavy atom. The number of hydrogen-bond donors (Lipinski definition) is 2. The smallest absolute Gasteiger partial charge is 0.321 e. The molecule has 3 amide bonds. The van der Waals surface area contributed by atoms with E-state index in [1.807, 2.05) is 6.07 Å². The van der Waals surface area contributed by atoms with Crippen LogP contribution in [0.15, 0.2) is 30.7 Å². The van der Waals surface area contributed by atoms with E-state index >= 15 is 0 Å². The predicted molar refractivity (Wildman–Crippen MR) is 97.9 cm³/mol. The first-order chi connectivity index (χ1) is 13.1. The topological polar surface area (TPSA) is 87.2 Å². The van der Waals surface area contributed by atoms with E-state index in [0.717, 1.165) is 18.5 Å². The van der Waals surface area contributed by atoms with Crippen LogP contribution in [0.1, 0.15) is 36.4 Å². The van der Waals surface area contributed by atoms with Crippen LogP contribution in [0.25, 0.3) is 0 Å². The third kappa shape index (κ3) is 3.74. The van der Waals surface area contributed by atoms with E-state index in [4.69, 9.17) is 0 Å². The molecule has 7 nitrogen and oxygen atoms in total. The summed E-state index contributed by atoms with van der Waals surface area (Å²) >= 11 is 0. The molecule has 0 aliphatic carbocycles. The van der Waals surface area contributed by atoms with Crippen LogP contribution in [0.5, 0.6) is 0 Å². The number of benzene rings is 1. The zero-order valence-electron chi connectivity index (χ0n) is 14.7. The molecule has 0 bridgehead atoms. The Hall–Kier alpha value is -3.03. The highest BCUT2D eigenvalue weighted by atomic mass is 19.1. The number of aromatic nitrogens is 2. The molecule has 2 aliphatic rings.